The minimum Gasteiger partial charge on any atom is -0.423 e. The summed E-state index contributed by atoms with van der Waals surface area (Å²) in [6.45, 7) is 2.78. The number of rotatable bonds is 8. The molecule has 0 heterocycles. The molecule has 26 heavy (non-hydrogen) atoms. The molecule has 2 rings (SSSR count). The van der Waals surface area contributed by atoms with Crippen LogP contribution in [0.3, 0.4) is 0 Å². The zero-order chi connectivity index (χ0) is 18.9. The van der Waals surface area contributed by atoms with Crippen molar-refractivity contribution < 1.29 is 14.3 Å². The third kappa shape index (κ3) is 5.67. The predicted molar refractivity (Wildman–Crippen MR) is 105 cm³/mol. The first-order chi connectivity index (χ1) is 12.5. The fraction of sp³-hybridized carbons (Fsp3) is 0.211. The highest BCUT2D eigenvalue weighted by Gasteiger charge is 2.11. The largest absolute Gasteiger partial charge is 0.423 e. The van der Waals surface area contributed by atoms with E-state index in [0.717, 1.165) is 20.9 Å². The van der Waals surface area contributed by atoms with Gasteiger partial charge >= 0.3 is 5.97 Å². The van der Waals surface area contributed by atoms with Gasteiger partial charge in [0.25, 0.3) is 5.91 Å². The summed E-state index contributed by atoms with van der Waals surface area (Å²) in [6.07, 6.45) is 2.11. The highest BCUT2D eigenvalue weighted by Crippen LogP contribution is 2.15. The summed E-state index contributed by atoms with van der Waals surface area (Å²) in [7, 11) is 0.856. The molecule has 0 bridgehead atoms. The first kappa shape index (κ1) is 19.6. The predicted octanol–water partition coefficient (Wildman–Crippen LogP) is 2.62. The lowest BCUT2D eigenvalue weighted by Crippen LogP contribution is -2.25. The minimum atomic E-state index is -0.517. The Bertz CT molecular complexity index is 774. The normalized spacial score (nSPS) is 10.7. The van der Waals surface area contributed by atoms with E-state index >= 15 is 0 Å². The van der Waals surface area contributed by atoms with Gasteiger partial charge in [-0.05, 0) is 60.9 Å². The molecule has 1 unspecified atom stereocenters. The molecule has 0 aliphatic carbocycles. The van der Waals surface area contributed by atoms with Crippen molar-refractivity contribution in [3.05, 3.63) is 65.2 Å². The Balaban J connectivity index is 1.93. The van der Waals surface area contributed by atoms with Gasteiger partial charge in [0.05, 0.1) is 5.56 Å². The van der Waals surface area contributed by atoms with Gasteiger partial charge in [0.15, 0.2) is 0 Å². The number of ether oxygens (including phenoxy) is 1. The second kappa shape index (κ2) is 9.68. The number of hydrogen-bond acceptors (Lipinski definition) is 4. The van der Waals surface area contributed by atoms with Crippen LogP contribution in [0.1, 0.15) is 33.2 Å². The van der Waals surface area contributed by atoms with E-state index in [0.29, 0.717) is 29.0 Å². The van der Waals surface area contributed by atoms with Crippen molar-refractivity contribution in [1.82, 2.24) is 5.32 Å². The summed E-state index contributed by atoms with van der Waals surface area (Å²) >= 11 is 0. The molecule has 0 aliphatic heterocycles. The Morgan fingerprint density at radius 3 is 2.19 bits per heavy atom. The molecule has 0 spiro atoms. The van der Waals surface area contributed by atoms with Gasteiger partial charge in [-0.3, -0.25) is 10.2 Å². The fourth-order valence-electron chi connectivity index (χ4n) is 2.17. The molecule has 0 fully saturated rings. The lowest BCUT2D eigenvalue weighted by atomic mass is 10.1. The Hall–Kier alpha value is -2.72. The monoisotopic (exact) mass is 371 g/mol. The molecule has 7 heteroatoms. The summed E-state index contributed by atoms with van der Waals surface area (Å²) in [4.78, 5) is 24.2. The van der Waals surface area contributed by atoms with Crippen LogP contribution in [0.4, 0.5) is 0 Å². The van der Waals surface area contributed by atoms with Crippen LogP contribution >= 0.6 is 8.58 Å². The van der Waals surface area contributed by atoms with E-state index in [9.17, 15) is 9.59 Å². The van der Waals surface area contributed by atoms with E-state index in [1.165, 1.54) is 0 Å². The topological polar surface area (TPSA) is 105 Å². The van der Waals surface area contributed by atoms with E-state index in [-0.39, 0.29) is 11.7 Å². The smallest absolute Gasteiger partial charge is 0.343 e. The lowest BCUT2D eigenvalue weighted by Gasteiger charge is -2.07. The van der Waals surface area contributed by atoms with E-state index in [1.807, 2.05) is 0 Å². The molecule has 2 aromatic rings. The zero-order valence-electron chi connectivity index (χ0n) is 14.5. The number of nitrogen functional groups attached to an aromatic ring is 1. The average molecular weight is 371 g/mol. The fourth-order valence-corrected chi connectivity index (χ4v) is 2.82. The summed E-state index contributed by atoms with van der Waals surface area (Å²) in [6, 6.07) is 12.7. The van der Waals surface area contributed by atoms with E-state index in [2.05, 4.69) is 12.2 Å². The Kier molecular flexibility index (Phi) is 7.30. The van der Waals surface area contributed by atoms with Crippen molar-refractivity contribution in [3.8, 4) is 5.75 Å². The number of esters is 1. The van der Waals surface area contributed by atoms with Crippen LogP contribution in [-0.4, -0.2) is 36.6 Å². The Morgan fingerprint density at radius 1 is 1.04 bits per heavy atom. The molecule has 6 nitrogen and oxygen atoms in total. The third-order valence-electron chi connectivity index (χ3n) is 3.60. The molecular formula is C19H22N3O3P. The summed E-state index contributed by atoms with van der Waals surface area (Å²) in [5.74, 6) is -0.354. The first-order valence-electron chi connectivity index (χ1n) is 8.27. The van der Waals surface area contributed by atoms with Gasteiger partial charge in [0.1, 0.15) is 11.6 Å². The van der Waals surface area contributed by atoms with Crippen LogP contribution in [-0.2, 0) is 0 Å². The van der Waals surface area contributed by atoms with Crippen LogP contribution in [0.15, 0.2) is 48.5 Å². The standard InChI is InChI=1S/C19H22N3O3P/c1-2-26-12-11-22-18(23)14-3-5-15(6-4-14)19(24)25-16-9-7-13(8-10-16)17(20)21/h3-10,26H,2,11-12H2,1H3,(H3,20,21)(H,22,23). The molecule has 1 atom stereocenters. The number of carbonyl (C=O) groups is 2. The molecule has 1 amide bonds. The van der Waals surface area contributed by atoms with Gasteiger partial charge in [0.2, 0.25) is 0 Å². The van der Waals surface area contributed by atoms with Crippen LogP contribution in [0, 0.1) is 5.41 Å². The van der Waals surface area contributed by atoms with Crippen molar-refractivity contribution in [3.63, 3.8) is 0 Å². The Labute approximate surface area is 154 Å². The number of carbonyl (C=O) groups excluding carboxylic acids is 2. The van der Waals surface area contributed by atoms with Gasteiger partial charge in [-0.25, -0.2) is 4.79 Å². The molecule has 0 radical (unpaired) electrons. The van der Waals surface area contributed by atoms with Crippen LogP contribution < -0.4 is 15.8 Å². The van der Waals surface area contributed by atoms with Crippen molar-refractivity contribution in [2.75, 3.05) is 18.9 Å². The third-order valence-corrected chi connectivity index (χ3v) is 4.70. The van der Waals surface area contributed by atoms with Crippen LogP contribution in [0.25, 0.3) is 0 Å². The van der Waals surface area contributed by atoms with Crippen LogP contribution in [0.5, 0.6) is 5.75 Å². The average Bonchev–Trinajstić information content (AvgIpc) is 2.65. The highest BCUT2D eigenvalue weighted by molar-refractivity contribution is 7.37. The van der Waals surface area contributed by atoms with E-state index < -0.39 is 5.97 Å². The molecule has 0 aromatic heterocycles. The van der Waals surface area contributed by atoms with Gasteiger partial charge in [0, 0.05) is 17.7 Å². The quantitative estimate of drug-likeness (QED) is 0.166. The van der Waals surface area contributed by atoms with Crippen molar-refractivity contribution in [2.45, 2.75) is 6.92 Å². The minimum absolute atomic E-state index is 0.0492. The number of amidine groups is 1. The van der Waals surface area contributed by atoms with Gasteiger partial charge in [-0.15, -0.1) is 8.58 Å². The number of nitrogens with one attached hydrogen (secondary N) is 2. The maximum Gasteiger partial charge on any atom is 0.343 e. The number of amides is 1. The van der Waals surface area contributed by atoms with Crippen molar-refractivity contribution in [1.29, 1.82) is 5.41 Å². The van der Waals surface area contributed by atoms with Gasteiger partial charge in [-0.1, -0.05) is 6.92 Å². The van der Waals surface area contributed by atoms with Crippen molar-refractivity contribution >= 4 is 26.3 Å². The maximum absolute atomic E-state index is 12.2. The van der Waals surface area contributed by atoms with Crippen LogP contribution in [0.2, 0.25) is 0 Å². The molecule has 136 valence electrons. The molecular weight excluding hydrogens is 349 g/mol. The number of nitrogens with two attached hydrogens (primary N) is 1. The van der Waals surface area contributed by atoms with Gasteiger partial charge in [-0.2, -0.15) is 0 Å². The molecule has 2 aromatic carbocycles. The molecule has 0 aliphatic rings. The van der Waals surface area contributed by atoms with Gasteiger partial charge < -0.3 is 15.8 Å². The SMILES string of the molecule is CCPCCNC(=O)c1ccc(C(=O)Oc2ccc(C(=N)N)cc2)cc1. The Morgan fingerprint density at radius 2 is 1.62 bits per heavy atom. The highest BCUT2D eigenvalue weighted by atomic mass is 31.1. The summed E-state index contributed by atoms with van der Waals surface area (Å²) in [5.41, 5.74) is 6.80. The molecule has 4 N–H and O–H groups in total. The summed E-state index contributed by atoms with van der Waals surface area (Å²) in [5, 5.41) is 10.2. The van der Waals surface area contributed by atoms with E-state index in [4.69, 9.17) is 15.9 Å². The maximum atomic E-state index is 12.2. The molecule has 0 saturated carbocycles. The van der Waals surface area contributed by atoms with Crippen molar-refractivity contribution in [2.24, 2.45) is 5.73 Å². The van der Waals surface area contributed by atoms with E-state index in [1.54, 1.807) is 48.5 Å². The number of benzene rings is 2. The molecule has 0 saturated heterocycles. The second-order valence-corrected chi connectivity index (χ2v) is 7.22. The first-order valence-corrected chi connectivity index (χ1v) is 9.68. The second-order valence-electron chi connectivity index (χ2n) is 5.51. The zero-order valence-corrected chi connectivity index (χ0v) is 15.5. The summed E-state index contributed by atoms with van der Waals surface area (Å²) < 4.78 is 5.28. The lowest BCUT2D eigenvalue weighted by molar-refractivity contribution is 0.0734. The number of hydrogen-bond donors (Lipinski definition) is 3.